The summed E-state index contributed by atoms with van der Waals surface area (Å²) in [5.74, 6) is 0.332. The van der Waals surface area contributed by atoms with Crippen molar-refractivity contribution in [2.24, 2.45) is 5.92 Å². The molecule has 0 spiro atoms. The van der Waals surface area contributed by atoms with Crippen molar-refractivity contribution in [1.82, 2.24) is 4.90 Å². The summed E-state index contributed by atoms with van der Waals surface area (Å²) in [5.41, 5.74) is 1.83. The molecule has 28 heavy (non-hydrogen) atoms. The maximum Gasteiger partial charge on any atom is 0.340 e. The zero-order valence-corrected chi connectivity index (χ0v) is 16.5. The van der Waals surface area contributed by atoms with Crippen molar-refractivity contribution in [3.05, 3.63) is 23.8 Å². The van der Waals surface area contributed by atoms with E-state index in [0.717, 1.165) is 44.1 Å². The summed E-state index contributed by atoms with van der Waals surface area (Å²) in [6.07, 6.45) is 6.08. The van der Waals surface area contributed by atoms with Crippen molar-refractivity contribution in [2.45, 2.75) is 38.1 Å². The molecular formula is C21H29N3O4. The second kappa shape index (κ2) is 8.39. The summed E-state index contributed by atoms with van der Waals surface area (Å²) in [5, 5.41) is 2.94. The van der Waals surface area contributed by atoms with Crippen molar-refractivity contribution in [3.63, 3.8) is 0 Å². The molecule has 1 unspecified atom stereocenters. The van der Waals surface area contributed by atoms with Gasteiger partial charge in [-0.25, -0.2) is 9.59 Å². The number of nitrogens with one attached hydrogen (secondary N) is 1. The molecule has 2 saturated heterocycles. The van der Waals surface area contributed by atoms with Crippen LogP contribution in [-0.2, 0) is 9.47 Å². The van der Waals surface area contributed by atoms with Gasteiger partial charge in [0.1, 0.15) is 0 Å². The van der Waals surface area contributed by atoms with Gasteiger partial charge in [0.05, 0.1) is 31.6 Å². The molecule has 1 aliphatic carbocycles. The van der Waals surface area contributed by atoms with Crippen LogP contribution in [0.25, 0.3) is 0 Å². The van der Waals surface area contributed by atoms with Crippen LogP contribution in [0, 0.1) is 5.92 Å². The van der Waals surface area contributed by atoms with E-state index in [1.165, 1.54) is 26.4 Å². The minimum absolute atomic E-state index is 0.125. The zero-order chi connectivity index (χ0) is 19.5. The Morgan fingerprint density at radius 3 is 2.57 bits per heavy atom. The number of hydrogen-bond acceptors (Lipinski definition) is 5. The van der Waals surface area contributed by atoms with E-state index in [4.69, 9.17) is 9.47 Å². The minimum atomic E-state index is -0.444. The Bertz CT molecular complexity index is 728. The van der Waals surface area contributed by atoms with E-state index >= 15 is 0 Å². The molecule has 7 nitrogen and oxygen atoms in total. The molecule has 0 radical (unpaired) electrons. The summed E-state index contributed by atoms with van der Waals surface area (Å²) in [7, 11) is 1.36. The van der Waals surface area contributed by atoms with Crippen molar-refractivity contribution in [2.75, 3.05) is 50.2 Å². The topological polar surface area (TPSA) is 71.1 Å². The lowest BCUT2D eigenvalue weighted by molar-refractivity contribution is 0.0602. The van der Waals surface area contributed by atoms with Crippen LogP contribution >= 0.6 is 0 Å². The summed E-state index contributed by atoms with van der Waals surface area (Å²) < 4.78 is 10.3. The fraction of sp³-hybridized carbons (Fsp3) is 0.619. The first-order valence-corrected chi connectivity index (χ1v) is 10.3. The first kappa shape index (κ1) is 19.1. The number of hydrogen-bond donors (Lipinski definition) is 1. The molecule has 1 atom stereocenters. The van der Waals surface area contributed by atoms with E-state index in [-0.39, 0.29) is 6.03 Å². The Labute approximate surface area is 166 Å². The second-order valence-electron chi connectivity index (χ2n) is 7.92. The highest BCUT2D eigenvalue weighted by atomic mass is 16.5. The number of methoxy groups -OCH3 is 1. The van der Waals surface area contributed by atoms with E-state index in [1.54, 1.807) is 12.1 Å². The highest BCUT2D eigenvalue weighted by Crippen LogP contribution is 2.35. The predicted octanol–water partition coefficient (Wildman–Crippen LogP) is 3.11. The van der Waals surface area contributed by atoms with Crippen LogP contribution in [0.5, 0.6) is 0 Å². The molecule has 4 rings (SSSR count). The number of esters is 1. The SMILES string of the molecule is COC(=O)c1cc(N2CCOCC2)ccc1NC(=O)N1CCC1CC1CCC1. The number of urea groups is 1. The normalized spacial score (nSPS) is 22.2. The number of anilines is 2. The van der Waals surface area contributed by atoms with E-state index in [1.807, 2.05) is 11.0 Å². The Kier molecular flexibility index (Phi) is 5.71. The molecule has 0 aromatic heterocycles. The molecule has 3 fully saturated rings. The molecule has 1 N–H and O–H groups in total. The van der Waals surface area contributed by atoms with E-state index in [2.05, 4.69) is 10.2 Å². The number of likely N-dealkylation sites (tertiary alicyclic amines) is 1. The quantitative estimate of drug-likeness (QED) is 0.786. The number of amides is 2. The van der Waals surface area contributed by atoms with Crippen LogP contribution in [0.3, 0.4) is 0 Å². The summed E-state index contributed by atoms with van der Waals surface area (Å²) >= 11 is 0. The molecule has 1 aromatic rings. The van der Waals surface area contributed by atoms with Gasteiger partial charge in [-0.05, 0) is 37.0 Å². The Hall–Kier alpha value is -2.28. The van der Waals surface area contributed by atoms with Crippen molar-refractivity contribution in [1.29, 1.82) is 0 Å². The Morgan fingerprint density at radius 1 is 1.18 bits per heavy atom. The largest absolute Gasteiger partial charge is 0.465 e. The average molecular weight is 387 g/mol. The van der Waals surface area contributed by atoms with E-state index in [9.17, 15) is 9.59 Å². The number of rotatable bonds is 5. The third-order valence-electron chi connectivity index (χ3n) is 6.26. The molecule has 7 heteroatoms. The highest BCUT2D eigenvalue weighted by molar-refractivity contribution is 6.02. The molecule has 152 valence electrons. The van der Waals surface area contributed by atoms with Gasteiger partial charge in [0, 0.05) is 31.4 Å². The van der Waals surface area contributed by atoms with Gasteiger partial charge >= 0.3 is 12.0 Å². The molecule has 2 heterocycles. The maximum absolute atomic E-state index is 12.8. The van der Waals surface area contributed by atoms with E-state index < -0.39 is 5.97 Å². The lowest BCUT2D eigenvalue weighted by Crippen LogP contribution is -2.53. The first-order valence-electron chi connectivity index (χ1n) is 10.3. The minimum Gasteiger partial charge on any atom is -0.465 e. The lowest BCUT2D eigenvalue weighted by Gasteiger charge is -2.44. The van der Waals surface area contributed by atoms with Crippen molar-refractivity contribution < 1.29 is 19.1 Å². The summed E-state index contributed by atoms with van der Waals surface area (Å²) in [6, 6.07) is 5.75. The van der Waals surface area contributed by atoms with Gasteiger partial charge in [-0.1, -0.05) is 19.3 Å². The number of ether oxygens (including phenoxy) is 2. The molecule has 2 aliphatic heterocycles. The number of carbonyl (C=O) groups is 2. The molecule has 1 aromatic carbocycles. The Morgan fingerprint density at radius 2 is 1.96 bits per heavy atom. The van der Waals surface area contributed by atoms with Gasteiger partial charge in [0.2, 0.25) is 0 Å². The van der Waals surface area contributed by atoms with Crippen LogP contribution in [0.1, 0.15) is 42.5 Å². The third kappa shape index (κ3) is 3.94. The predicted molar refractivity (Wildman–Crippen MR) is 107 cm³/mol. The molecular weight excluding hydrogens is 358 g/mol. The monoisotopic (exact) mass is 387 g/mol. The number of benzene rings is 1. The second-order valence-corrected chi connectivity index (χ2v) is 7.92. The van der Waals surface area contributed by atoms with Gasteiger partial charge < -0.3 is 24.6 Å². The highest BCUT2D eigenvalue weighted by Gasteiger charge is 2.35. The number of morpholine rings is 1. The third-order valence-corrected chi connectivity index (χ3v) is 6.26. The van der Waals surface area contributed by atoms with E-state index in [0.29, 0.717) is 30.5 Å². The van der Waals surface area contributed by atoms with Gasteiger partial charge in [-0.2, -0.15) is 0 Å². The molecule has 2 amide bonds. The smallest absolute Gasteiger partial charge is 0.340 e. The fourth-order valence-corrected chi connectivity index (χ4v) is 4.19. The van der Waals surface area contributed by atoms with Crippen LogP contribution in [0.2, 0.25) is 0 Å². The van der Waals surface area contributed by atoms with Crippen molar-refractivity contribution in [3.8, 4) is 0 Å². The van der Waals surface area contributed by atoms with Crippen molar-refractivity contribution >= 4 is 23.4 Å². The molecule has 0 bridgehead atoms. The van der Waals surface area contributed by atoms with Crippen LogP contribution in [-0.4, -0.2) is 62.9 Å². The summed E-state index contributed by atoms with van der Waals surface area (Å²) in [4.78, 5) is 29.2. The molecule has 3 aliphatic rings. The Balaban J connectivity index is 1.46. The lowest BCUT2D eigenvalue weighted by atomic mass is 9.78. The van der Waals surface area contributed by atoms with Gasteiger partial charge in [-0.15, -0.1) is 0 Å². The van der Waals surface area contributed by atoms with Crippen LogP contribution < -0.4 is 10.2 Å². The standard InChI is InChI=1S/C21H29N3O4/c1-27-20(25)18-14-16(23-9-11-28-12-10-23)5-6-19(18)22-21(26)24-8-7-17(24)13-15-3-2-4-15/h5-6,14-15,17H,2-4,7-13H2,1H3,(H,22,26). The number of carbonyl (C=O) groups excluding carboxylic acids is 2. The molecule has 1 saturated carbocycles. The van der Waals surface area contributed by atoms with Gasteiger partial charge in [-0.3, -0.25) is 0 Å². The van der Waals surface area contributed by atoms with Gasteiger partial charge in [0.25, 0.3) is 0 Å². The maximum atomic E-state index is 12.8. The fourth-order valence-electron chi connectivity index (χ4n) is 4.19. The van der Waals surface area contributed by atoms with Crippen LogP contribution in [0.15, 0.2) is 18.2 Å². The van der Waals surface area contributed by atoms with Gasteiger partial charge in [0.15, 0.2) is 0 Å². The number of nitrogens with zero attached hydrogens (tertiary/aromatic N) is 2. The average Bonchev–Trinajstić information content (AvgIpc) is 2.66. The first-order chi connectivity index (χ1) is 13.7. The summed E-state index contributed by atoms with van der Waals surface area (Å²) in [6.45, 7) is 3.68. The van der Waals surface area contributed by atoms with Crippen LogP contribution in [0.4, 0.5) is 16.2 Å². The zero-order valence-electron chi connectivity index (χ0n) is 16.5.